The van der Waals surface area contributed by atoms with Gasteiger partial charge in [0.05, 0.1) is 25.4 Å². The van der Waals surface area contributed by atoms with Gasteiger partial charge in [-0.15, -0.1) is 13.2 Å². The van der Waals surface area contributed by atoms with Crippen molar-refractivity contribution in [3.05, 3.63) is 29.8 Å². The van der Waals surface area contributed by atoms with Crippen LogP contribution in [0.1, 0.15) is 5.56 Å². The van der Waals surface area contributed by atoms with Crippen LogP contribution in [-0.4, -0.2) is 49.8 Å². The van der Waals surface area contributed by atoms with Crippen LogP contribution in [-0.2, 0) is 16.0 Å². The summed E-state index contributed by atoms with van der Waals surface area (Å²) in [6.07, 6.45) is -4.10. The minimum atomic E-state index is -4.65. The van der Waals surface area contributed by atoms with E-state index in [-0.39, 0.29) is 18.0 Å². The highest BCUT2D eigenvalue weighted by Crippen LogP contribution is 2.24. The molecule has 0 saturated carbocycles. The van der Waals surface area contributed by atoms with Crippen LogP contribution in [0.25, 0.3) is 0 Å². The molecule has 0 aromatic heterocycles. The summed E-state index contributed by atoms with van der Waals surface area (Å²) in [7, 11) is 0. The lowest BCUT2D eigenvalue weighted by molar-refractivity contribution is -0.274. The van der Waals surface area contributed by atoms with Crippen LogP contribution in [0.2, 0.25) is 0 Å². The number of alkyl halides is 3. The third-order valence-corrected chi connectivity index (χ3v) is 3.29. The first-order valence-corrected chi connectivity index (χ1v) is 6.78. The molecule has 2 aliphatic rings. The third kappa shape index (κ3) is 5.18. The average Bonchev–Trinajstić information content (AvgIpc) is 3.26. The molecule has 2 atom stereocenters. The predicted octanol–water partition coefficient (Wildman–Crippen LogP) is 2.18. The zero-order valence-electron chi connectivity index (χ0n) is 11.3. The Morgan fingerprint density at radius 3 is 2.00 bits per heavy atom. The van der Waals surface area contributed by atoms with E-state index in [1.165, 1.54) is 12.1 Å². The van der Waals surface area contributed by atoms with Crippen LogP contribution in [0, 0.1) is 0 Å². The Kier molecular flexibility index (Phi) is 4.05. The number of benzene rings is 1. The van der Waals surface area contributed by atoms with Crippen molar-refractivity contribution in [1.82, 2.24) is 4.90 Å². The van der Waals surface area contributed by atoms with Crippen molar-refractivity contribution in [2.75, 3.05) is 26.3 Å². The first-order valence-electron chi connectivity index (χ1n) is 6.78. The molecule has 0 aliphatic carbocycles. The minimum Gasteiger partial charge on any atom is -0.406 e. The quantitative estimate of drug-likeness (QED) is 0.724. The molecule has 3 rings (SSSR count). The van der Waals surface area contributed by atoms with Gasteiger partial charge in [-0.3, -0.25) is 4.90 Å². The number of epoxide rings is 2. The topological polar surface area (TPSA) is 37.5 Å². The first kappa shape index (κ1) is 14.6. The summed E-state index contributed by atoms with van der Waals surface area (Å²) in [5, 5.41) is 0. The van der Waals surface area contributed by atoms with Gasteiger partial charge < -0.3 is 14.2 Å². The molecule has 1 aromatic carbocycles. The fourth-order valence-corrected chi connectivity index (χ4v) is 2.18. The largest absolute Gasteiger partial charge is 0.573 e. The van der Waals surface area contributed by atoms with Crippen LogP contribution >= 0.6 is 0 Å². The summed E-state index contributed by atoms with van der Waals surface area (Å²) >= 11 is 0. The molecular formula is C14H16F3NO3. The van der Waals surface area contributed by atoms with Crippen LogP contribution in [0.4, 0.5) is 13.2 Å². The lowest BCUT2D eigenvalue weighted by atomic mass is 10.2. The second-order valence-corrected chi connectivity index (χ2v) is 5.30. The maximum absolute atomic E-state index is 12.1. The fourth-order valence-electron chi connectivity index (χ4n) is 2.18. The molecule has 2 heterocycles. The fraction of sp³-hybridized carbons (Fsp3) is 0.571. The predicted molar refractivity (Wildman–Crippen MR) is 67.9 cm³/mol. The maximum atomic E-state index is 12.1. The SMILES string of the molecule is FC(F)(F)Oc1ccc(CN(CC2CO2)CC2CO2)cc1. The summed E-state index contributed by atoms with van der Waals surface area (Å²) in [5.74, 6) is -0.200. The lowest BCUT2D eigenvalue weighted by Crippen LogP contribution is -2.31. The van der Waals surface area contributed by atoms with Crippen molar-refractivity contribution >= 4 is 0 Å². The minimum absolute atomic E-state index is 0.200. The number of halogens is 3. The van der Waals surface area contributed by atoms with E-state index >= 15 is 0 Å². The third-order valence-electron chi connectivity index (χ3n) is 3.29. The molecule has 0 spiro atoms. The van der Waals surface area contributed by atoms with Gasteiger partial charge in [0.1, 0.15) is 5.75 Å². The Hall–Kier alpha value is -1.31. The van der Waals surface area contributed by atoms with Crippen LogP contribution < -0.4 is 4.74 Å². The molecule has 7 heteroatoms. The summed E-state index contributed by atoms with van der Waals surface area (Å²) in [4.78, 5) is 2.20. The van der Waals surface area contributed by atoms with Gasteiger partial charge in [0.15, 0.2) is 0 Å². The molecule has 1 aromatic rings. The highest BCUT2D eigenvalue weighted by atomic mass is 19.4. The Labute approximate surface area is 120 Å². The van der Waals surface area contributed by atoms with Crippen molar-refractivity contribution in [3.63, 3.8) is 0 Å². The summed E-state index contributed by atoms with van der Waals surface area (Å²) < 4.78 is 50.6. The van der Waals surface area contributed by atoms with Gasteiger partial charge in [0, 0.05) is 19.6 Å². The number of hydrogen-bond donors (Lipinski definition) is 0. The monoisotopic (exact) mass is 303 g/mol. The van der Waals surface area contributed by atoms with Gasteiger partial charge in [0.2, 0.25) is 0 Å². The van der Waals surface area contributed by atoms with Gasteiger partial charge in [-0.25, -0.2) is 0 Å². The molecule has 0 bridgehead atoms. The number of nitrogens with zero attached hydrogens (tertiary/aromatic N) is 1. The average molecular weight is 303 g/mol. The zero-order chi connectivity index (χ0) is 14.9. The molecule has 116 valence electrons. The standard InChI is InChI=1S/C14H16F3NO3/c15-14(16,17)21-11-3-1-10(2-4-11)5-18(6-12-8-19-12)7-13-9-20-13/h1-4,12-13H,5-9H2. The van der Waals surface area contributed by atoms with Crippen molar-refractivity contribution in [3.8, 4) is 5.75 Å². The van der Waals surface area contributed by atoms with E-state index in [1.807, 2.05) is 0 Å². The second kappa shape index (κ2) is 5.82. The Bertz CT molecular complexity index is 455. The first-order chi connectivity index (χ1) is 9.98. The summed E-state index contributed by atoms with van der Waals surface area (Å²) in [5.41, 5.74) is 0.936. The van der Waals surface area contributed by atoms with E-state index in [1.54, 1.807) is 12.1 Å². The summed E-state index contributed by atoms with van der Waals surface area (Å²) in [6.45, 7) is 3.86. The van der Waals surface area contributed by atoms with Crippen LogP contribution in [0.3, 0.4) is 0 Å². The van der Waals surface area contributed by atoms with Crippen molar-refractivity contribution in [2.24, 2.45) is 0 Å². The van der Waals surface area contributed by atoms with E-state index in [2.05, 4.69) is 9.64 Å². The molecule has 4 nitrogen and oxygen atoms in total. The molecule has 21 heavy (non-hydrogen) atoms. The molecule has 0 amide bonds. The van der Waals surface area contributed by atoms with Gasteiger partial charge >= 0.3 is 6.36 Å². The number of rotatable bonds is 7. The smallest absolute Gasteiger partial charge is 0.406 e. The van der Waals surface area contributed by atoms with E-state index < -0.39 is 6.36 Å². The van der Waals surface area contributed by atoms with Gasteiger partial charge in [0.25, 0.3) is 0 Å². The Morgan fingerprint density at radius 2 is 1.57 bits per heavy atom. The van der Waals surface area contributed by atoms with E-state index in [9.17, 15) is 13.2 Å². The van der Waals surface area contributed by atoms with Crippen LogP contribution in [0.5, 0.6) is 5.75 Å². The Balaban J connectivity index is 1.56. The van der Waals surface area contributed by atoms with Gasteiger partial charge in [-0.1, -0.05) is 12.1 Å². The molecule has 0 N–H and O–H groups in total. The lowest BCUT2D eigenvalue weighted by Gasteiger charge is -2.20. The molecule has 2 aliphatic heterocycles. The number of ether oxygens (including phenoxy) is 3. The van der Waals surface area contributed by atoms with E-state index in [4.69, 9.17) is 9.47 Å². The van der Waals surface area contributed by atoms with Crippen molar-refractivity contribution < 1.29 is 27.4 Å². The molecular weight excluding hydrogens is 287 g/mol. The second-order valence-electron chi connectivity index (χ2n) is 5.30. The summed E-state index contributed by atoms with van der Waals surface area (Å²) in [6, 6.07) is 5.97. The van der Waals surface area contributed by atoms with Crippen molar-refractivity contribution in [2.45, 2.75) is 25.1 Å². The highest BCUT2D eigenvalue weighted by molar-refractivity contribution is 5.27. The zero-order valence-corrected chi connectivity index (χ0v) is 11.3. The van der Waals surface area contributed by atoms with Gasteiger partial charge in [-0.2, -0.15) is 0 Å². The normalized spacial score (nSPS) is 24.2. The Morgan fingerprint density at radius 1 is 1.05 bits per heavy atom. The molecule has 0 radical (unpaired) electrons. The van der Waals surface area contributed by atoms with Crippen molar-refractivity contribution in [1.29, 1.82) is 0 Å². The maximum Gasteiger partial charge on any atom is 0.573 e. The molecule has 2 saturated heterocycles. The molecule has 2 fully saturated rings. The van der Waals surface area contributed by atoms with Gasteiger partial charge in [-0.05, 0) is 17.7 Å². The van der Waals surface area contributed by atoms with E-state index in [0.717, 1.165) is 31.9 Å². The van der Waals surface area contributed by atoms with E-state index in [0.29, 0.717) is 6.54 Å². The highest BCUT2D eigenvalue weighted by Gasteiger charge is 2.32. The molecule has 2 unspecified atom stereocenters. The van der Waals surface area contributed by atoms with Crippen LogP contribution in [0.15, 0.2) is 24.3 Å². The number of hydrogen-bond acceptors (Lipinski definition) is 4.